The van der Waals surface area contributed by atoms with Crippen LogP contribution in [0.4, 0.5) is 26.3 Å². The summed E-state index contributed by atoms with van der Waals surface area (Å²) in [4.78, 5) is 27.8. The van der Waals surface area contributed by atoms with E-state index in [0.717, 1.165) is 16.8 Å². The van der Waals surface area contributed by atoms with Crippen LogP contribution >= 0.6 is 8.53 Å². The number of hydrogen-bond acceptors (Lipinski definition) is 12. The van der Waals surface area contributed by atoms with E-state index in [2.05, 4.69) is 4.98 Å². The fraction of sp³-hybridized carbons (Fsp3) is 0.533. The first kappa shape index (κ1) is 52.5. The van der Waals surface area contributed by atoms with E-state index in [1.807, 2.05) is 106 Å². The van der Waals surface area contributed by atoms with E-state index in [4.69, 9.17) is 37.5 Å². The van der Waals surface area contributed by atoms with Crippen LogP contribution in [0.3, 0.4) is 0 Å². The van der Waals surface area contributed by atoms with Gasteiger partial charge in [0.15, 0.2) is 12.1 Å². The highest BCUT2D eigenvalue weighted by Crippen LogP contribution is 2.52. The van der Waals surface area contributed by atoms with E-state index in [9.17, 15) is 41.2 Å². The van der Waals surface area contributed by atoms with Crippen LogP contribution in [-0.4, -0.2) is 103 Å². The number of alkyl halides is 6. The smallest absolute Gasteiger partial charge is 0.402 e. The van der Waals surface area contributed by atoms with Crippen molar-refractivity contribution in [3.8, 4) is 11.8 Å². The molecule has 5 unspecified atom stereocenters. The predicted octanol–water partition coefficient (Wildman–Crippen LogP) is 8.46. The zero-order valence-corrected chi connectivity index (χ0v) is 38.4. The van der Waals surface area contributed by atoms with Gasteiger partial charge in [-0.1, -0.05) is 60.7 Å². The number of nitrogens with one attached hydrogen (secondary N) is 1. The molecule has 1 N–H and O–H groups in total. The number of hydrogen-bond donors (Lipinski definition) is 1. The Labute approximate surface area is 379 Å². The van der Waals surface area contributed by atoms with Gasteiger partial charge in [0.1, 0.15) is 36.5 Å². The standard InChI is InChI=1S/C45H55F6N4O10P/c1-29(2)55(30(3)4)66(63-25-11-23-52)65-38-35(64-40(54-24-20-37(56)53-41(54)57)39(38)61-28-60-27-36(44(46,47)48)45(49,50)51)26-62-43(31-12-9-8-10-13-31,32-14-16-34(58-6)17-15-32)33-18-21-42(5,59-7)22-19-33/h8-10,12-21,24,29-30,35-36,38-40H,11,22,25-28H2,1-7H3,(H,53,56,57)/t35-,38?,39?,40-,42?,43?,66?/m1/s1. The molecule has 0 radical (unpaired) electrons. The fourth-order valence-corrected chi connectivity index (χ4v) is 9.42. The van der Waals surface area contributed by atoms with Gasteiger partial charge in [-0.25, -0.2) is 9.46 Å². The minimum Gasteiger partial charge on any atom is -0.497 e. The molecule has 66 heavy (non-hydrogen) atoms. The molecule has 21 heteroatoms. The summed E-state index contributed by atoms with van der Waals surface area (Å²) in [6, 6.07) is 19.0. The topological polar surface area (TPSA) is 156 Å². The Balaban J connectivity index is 1.67. The Kier molecular flexibility index (Phi) is 18.0. The van der Waals surface area contributed by atoms with Crippen LogP contribution in [0, 0.1) is 17.2 Å². The average molecular weight is 957 g/mol. The minimum atomic E-state index is -5.69. The van der Waals surface area contributed by atoms with Crippen LogP contribution in [0.2, 0.25) is 0 Å². The van der Waals surface area contributed by atoms with E-state index >= 15 is 0 Å². The Morgan fingerprint density at radius 2 is 1.61 bits per heavy atom. The molecule has 1 fully saturated rings. The van der Waals surface area contributed by atoms with Gasteiger partial charge in [0, 0.05) is 31.5 Å². The minimum absolute atomic E-state index is 0.0329. The lowest BCUT2D eigenvalue weighted by Gasteiger charge is -2.41. The highest BCUT2D eigenvalue weighted by atomic mass is 31.2. The number of halogens is 6. The number of aromatic nitrogens is 2. The van der Waals surface area contributed by atoms with Crippen LogP contribution in [-0.2, 0) is 38.3 Å². The molecular formula is C45H55F6N4O10P. The lowest BCUT2D eigenvalue weighted by Crippen LogP contribution is -2.44. The highest BCUT2D eigenvalue weighted by molar-refractivity contribution is 7.44. The summed E-state index contributed by atoms with van der Waals surface area (Å²) in [5, 5.41) is 9.42. The maximum Gasteiger partial charge on any atom is 0.402 e. The molecular weight excluding hydrogens is 901 g/mol. The molecule has 2 aromatic carbocycles. The van der Waals surface area contributed by atoms with Crippen LogP contribution < -0.4 is 16.0 Å². The third-order valence-electron chi connectivity index (χ3n) is 11.1. The zero-order valence-electron chi connectivity index (χ0n) is 37.5. The second kappa shape index (κ2) is 22.6. The number of methoxy groups -OCH3 is 2. The maximum absolute atomic E-state index is 13.5. The third-order valence-corrected chi connectivity index (χ3v) is 13.2. The van der Waals surface area contributed by atoms with Crippen molar-refractivity contribution in [2.24, 2.45) is 5.92 Å². The number of benzene rings is 2. The van der Waals surface area contributed by atoms with Crippen LogP contribution in [0.15, 0.2) is 100 Å². The quantitative estimate of drug-likeness (QED) is 0.0445. The van der Waals surface area contributed by atoms with Crippen molar-refractivity contribution in [1.82, 2.24) is 14.2 Å². The summed E-state index contributed by atoms with van der Waals surface area (Å²) >= 11 is 0. The summed E-state index contributed by atoms with van der Waals surface area (Å²) < 4.78 is 133. The summed E-state index contributed by atoms with van der Waals surface area (Å²) in [5.41, 5.74) is -1.80. The van der Waals surface area contributed by atoms with Crippen LogP contribution in [0.1, 0.15) is 64.8 Å². The molecule has 362 valence electrons. The first-order chi connectivity index (χ1) is 31.2. The number of aromatic amines is 1. The largest absolute Gasteiger partial charge is 0.497 e. The molecule has 2 heterocycles. The Hall–Kier alpha value is -4.42. The predicted molar refractivity (Wildman–Crippen MR) is 230 cm³/mol. The second-order valence-corrected chi connectivity index (χ2v) is 17.7. The Bertz CT molecular complexity index is 2230. The van der Waals surface area contributed by atoms with Crippen LogP contribution in [0.5, 0.6) is 5.75 Å². The van der Waals surface area contributed by atoms with E-state index in [0.29, 0.717) is 28.9 Å². The molecule has 1 aliphatic carbocycles. The Morgan fingerprint density at radius 1 is 0.955 bits per heavy atom. The van der Waals surface area contributed by atoms with E-state index < -0.39 is 87.2 Å². The van der Waals surface area contributed by atoms with E-state index in [-0.39, 0.29) is 31.7 Å². The molecule has 14 nitrogen and oxygen atoms in total. The summed E-state index contributed by atoms with van der Waals surface area (Å²) in [7, 11) is 0.966. The van der Waals surface area contributed by atoms with Crippen molar-refractivity contribution >= 4 is 8.53 Å². The van der Waals surface area contributed by atoms with Crippen LogP contribution in [0.25, 0.3) is 0 Å². The lowest BCUT2D eigenvalue weighted by molar-refractivity contribution is -0.299. The molecule has 7 atom stereocenters. The number of H-pyrrole nitrogens is 1. The van der Waals surface area contributed by atoms with Crippen molar-refractivity contribution in [1.29, 1.82) is 5.26 Å². The zero-order chi connectivity index (χ0) is 48.5. The van der Waals surface area contributed by atoms with Gasteiger partial charge in [-0.3, -0.25) is 14.3 Å². The van der Waals surface area contributed by atoms with E-state index in [1.165, 1.54) is 7.11 Å². The number of ether oxygens (including phenoxy) is 6. The van der Waals surface area contributed by atoms with Gasteiger partial charge in [-0.15, -0.1) is 0 Å². The second-order valence-electron chi connectivity index (χ2n) is 16.3. The fourth-order valence-electron chi connectivity index (χ4n) is 7.65. The monoisotopic (exact) mass is 956 g/mol. The van der Waals surface area contributed by atoms with Gasteiger partial charge in [0.2, 0.25) is 0 Å². The number of rotatable bonds is 22. The van der Waals surface area contributed by atoms with Gasteiger partial charge in [0.05, 0.1) is 45.0 Å². The van der Waals surface area contributed by atoms with E-state index in [1.54, 1.807) is 19.2 Å². The Morgan fingerprint density at radius 3 is 2.15 bits per heavy atom. The molecule has 1 aromatic heterocycles. The van der Waals surface area contributed by atoms with Crippen molar-refractivity contribution in [3.63, 3.8) is 0 Å². The summed E-state index contributed by atoms with van der Waals surface area (Å²) in [6.07, 6.45) is -9.84. The van der Waals surface area contributed by atoms with Crippen molar-refractivity contribution in [3.05, 3.63) is 123 Å². The normalized spacial score (nSPS) is 22.8. The highest BCUT2D eigenvalue weighted by Gasteiger charge is 2.57. The molecule has 1 saturated heterocycles. The summed E-state index contributed by atoms with van der Waals surface area (Å²) in [6.45, 7) is 5.98. The van der Waals surface area contributed by atoms with Gasteiger partial charge < -0.3 is 37.5 Å². The maximum atomic E-state index is 13.5. The number of nitriles is 1. The molecule has 0 bridgehead atoms. The van der Waals surface area contributed by atoms with Crippen molar-refractivity contribution < 1.29 is 63.8 Å². The number of nitrogens with zero attached hydrogens (tertiary/aromatic N) is 3. The van der Waals surface area contributed by atoms with Gasteiger partial charge in [0.25, 0.3) is 14.1 Å². The average Bonchev–Trinajstić information content (AvgIpc) is 3.59. The molecule has 1 aliphatic heterocycles. The molecule has 0 spiro atoms. The third kappa shape index (κ3) is 12.6. The SMILES string of the molecule is COc1ccc(C(OC[C@H]2O[C@@H](n3ccc(=O)[nH]c3=O)C(OCOCC(C(F)(F)F)C(F)(F)F)C2OP(OCCC#N)N(C(C)C)C(C)C)(C2=CCC(C)(OC)C=C2)c2ccccc2)cc1. The van der Waals surface area contributed by atoms with Crippen molar-refractivity contribution in [2.75, 3.05) is 40.8 Å². The first-order valence-corrected chi connectivity index (χ1v) is 22.2. The lowest BCUT2D eigenvalue weighted by atomic mass is 9.76. The molecule has 3 aromatic rings. The summed E-state index contributed by atoms with van der Waals surface area (Å²) in [5.74, 6) is -3.27. The van der Waals surface area contributed by atoms with Gasteiger partial charge >= 0.3 is 18.0 Å². The van der Waals surface area contributed by atoms with Gasteiger partial charge in [-0.05, 0) is 69.9 Å². The van der Waals surface area contributed by atoms with Gasteiger partial charge in [-0.2, -0.15) is 31.6 Å². The molecule has 2 aliphatic rings. The molecule has 0 amide bonds. The molecule has 0 saturated carbocycles. The van der Waals surface area contributed by atoms with Crippen molar-refractivity contribution in [2.45, 2.75) is 108 Å². The molecule has 5 rings (SSSR count). The first-order valence-electron chi connectivity index (χ1n) is 21.0.